The van der Waals surface area contributed by atoms with E-state index >= 15 is 0 Å². The summed E-state index contributed by atoms with van der Waals surface area (Å²) in [6, 6.07) is 1.19. The summed E-state index contributed by atoms with van der Waals surface area (Å²) in [7, 11) is 0. The molecule has 6 heteroatoms. The lowest BCUT2D eigenvalue weighted by molar-refractivity contribution is 0.249. The largest absolute Gasteiger partial charge is 0.383 e. The molecule has 0 aromatic carbocycles. The normalized spacial score (nSPS) is 9.45. The van der Waals surface area contributed by atoms with Crippen LogP contribution in [0.3, 0.4) is 0 Å². The van der Waals surface area contributed by atoms with Gasteiger partial charge in [0.25, 0.3) is 5.56 Å². The van der Waals surface area contributed by atoms with E-state index in [1.807, 2.05) is 0 Å². The molecule has 0 fully saturated rings. The highest BCUT2D eigenvalue weighted by atomic mass is 16.2. The second-order valence-electron chi connectivity index (χ2n) is 1.77. The van der Waals surface area contributed by atoms with Crippen LogP contribution in [0.1, 0.15) is 0 Å². The number of nitrogens with zero attached hydrogens (tertiary/aromatic N) is 2. The Hall–Kier alpha value is -1.85. The molecule has 1 aromatic heterocycles. The molecule has 0 bridgehead atoms. The third-order valence-corrected chi connectivity index (χ3v) is 1.00. The average Bonchev–Trinajstić information content (AvgIpc) is 1.85. The van der Waals surface area contributed by atoms with E-state index in [1.165, 1.54) is 0 Å². The summed E-state index contributed by atoms with van der Waals surface area (Å²) in [6.07, 6.45) is 0.955. The molecule has 6 nitrogen and oxygen atoms in total. The molecule has 0 aliphatic heterocycles. The van der Waals surface area contributed by atoms with Crippen LogP contribution >= 0.6 is 0 Å². The summed E-state index contributed by atoms with van der Waals surface area (Å²) < 4.78 is 0.607. The molecule has 0 atom stereocenters. The van der Waals surface area contributed by atoms with Crippen molar-refractivity contribution in [1.82, 2.24) is 9.55 Å². The third kappa shape index (κ3) is 1.34. The SMILES string of the molecule is NC(=O)n1cnc(N)[c]c1=O. The molecule has 57 valence electrons. The highest BCUT2D eigenvalue weighted by Crippen LogP contribution is 1.84. The van der Waals surface area contributed by atoms with Gasteiger partial charge in [0.15, 0.2) is 0 Å². The third-order valence-electron chi connectivity index (χ3n) is 1.00. The Morgan fingerprint density at radius 3 is 2.82 bits per heavy atom. The average molecular weight is 153 g/mol. The zero-order chi connectivity index (χ0) is 8.43. The van der Waals surface area contributed by atoms with Crippen molar-refractivity contribution in [3.05, 3.63) is 22.7 Å². The summed E-state index contributed by atoms with van der Waals surface area (Å²) in [5.41, 5.74) is 9.18. The van der Waals surface area contributed by atoms with Crippen LogP contribution in [0.4, 0.5) is 10.6 Å². The highest BCUT2D eigenvalue weighted by molar-refractivity contribution is 5.74. The van der Waals surface area contributed by atoms with Crippen LogP contribution in [-0.2, 0) is 0 Å². The number of rotatable bonds is 0. The van der Waals surface area contributed by atoms with E-state index in [-0.39, 0.29) is 5.82 Å². The van der Waals surface area contributed by atoms with Crippen LogP contribution in [0.25, 0.3) is 0 Å². The van der Waals surface area contributed by atoms with E-state index in [2.05, 4.69) is 11.1 Å². The molecule has 11 heavy (non-hydrogen) atoms. The molecule has 1 rings (SSSR count). The zero-order valence-corrected chi connectivity index (χ0v) is 5.44. The second kappa shape index (κ2) is 2.41. The van der Waals surface area contributed by atoms with Crippen molar-refractivity contribution in [2.45, 2.75) is 0 Å². The van der Waals surface area contributed by atoms with E-state index in [9.17, 15) is 9.59 Å². The van der Waals surface area contributed by atoms with Crippen LogP contribution in [0, 0.1) is 6.07 Å². The van der Waals surface area contributed by atoms with E-state index in [0.717, 1.165) is 6.33 Å². The smallest absolute Gasteiger partial charge is 0.327 e. The molecule has 0 aliphatic carbocycles. The minimum Gasteiger partial charge on any atom is -0.383 e. The van der Waals surface area contributed by atoms with Gasteiger partial charge in [0.2, 0.25) is 0 Å². The van der Waals surface area contributed by atoms with Gasteiger partial charge in [-0.15, -0.1) is 0 Å². The highest BCUT2D eigenvalue weighted by Gasteiger charge is 2.01. The molecule has 1 aromatic rings. The lowest BCUT2D eigenvalue weighted by Crippen LogP contribution is -2.31. The molecule has 1 amide bonds. The first-order chi connectivity index (χ1) is 5.11. The number of nitrogen functional groups attached to an aromatic ring is 1. The number of hydrogen-bond acceptors (Lipinski definition) is 4. The summed E-state index contributed by atoms with van der Waals surface area (Å²) in [5, 5.41) is 0. The Kier molecular flexibility index (Phi) is 1.59. The van der Waals surface area contributed by atoms with Crippen LogP contribution in [0.15, 0.2) is 11.1 Å². The van der Waals surface area contributed by atoms with Crippen molar-refractivity contribution in [3.8, 4) is 0 Å². The van der Waals surface area contributed by atoms with Crippen LogP contribution in [0.2, 0.25) is 0 Å². The Bertz CT molecular complexity index is 343. The van der Waals surface area contributed by atoms with Crippen molar-refractivity contribution in [3.63, 3.8) is 0 Å². The molecule has 1 radical (unpaired) electrons. The molecule has 1 heterocycles. The predicted molar refractivity (Wildman–Crippen MR) is 36.7 cm³/mol. The van der Waals surface area contributed by atoms with Gasteiger partial charge in [0.05, 0.1) is 6.07 Å². The van der Waals surface area contributed by atoms with Crippen molar-refractivity contribution in [2.75, 3.05) is 5.73 Å². The van der Waals surface area contributed by atoms with Gasteiger partial charge < -0.3 is 11.5 Å². The van der Waals surface area contributed by atoms with Gasteiger partial charge >= 0.3 is 6.03 Å². The molecule has 0 spiro atoms. The standard InChI is InChI=1S/C5H5N4O2/c6-3-1-4(10)9(2-8-3)5(7)11/h2H,6H2,(H2,7,11). The minimum atomic E-state index is -0.904. The number of primary amides is 1. The van der Waals surface area contributed by atoms with E-state index in [4.69, 9.17) is 11.5 Å². The first kappa shape index (κ1) is 7.26. The fourth-order valence-electron chi connectivity index (χ4n) is 0.531. The van der Waals surface area contributed by atoms with Gasteiger partial charge in [0.1, 0.15) is 12.1 Å². The van der Waals surface area contributed by atoms with Gasteiger partial charge in [-0.3, -0.25) is 4.79 Å². The Balaban J connectivity index is 3.32. The first-order valence-corrected chi connectivity index (χ1v) is 2.67. The van der Waals surface area contributed by atoms with E-state index in [1.54, 1.807) is 0 Å². The van der Waals surface area contributed by atoms with Crippen LogP contribution in [0.5, 0.6) is 0 Å². The number of hydrogen-bond donors (Lipinski definition) is 2. The van der Waals surface area contributed by atoms with E-state index < -0.39 is 11.6 Å². The van der Waals surface area contributed by atoms with Gasteiger partial charge in [-0.1, -0.05) is 0 Å². The number of carbonyl (C=O) groups is 1. The van der Waals surface area contributed by atoms with Crippen LogP contribution < -0.4 is 17.0 Å². The summed E-state index contributed by atoms with van der Waals surface area (Å²) in [4.78, 5) is 24.6. The number of amides is 1. The monoisotopic (exact) mass is 153 g/mol. The summed E-state index contributed by atoms with van der Waals surface area (Å²) in [5.74, 6) is -0.0625. The molecular formula is C5H5N4O2. The number of anilines is 1. The van der Waals surface area contributed by atoms with Crippen LogP contribution in [-0.4, -0.2) is 15.6 Å². The maximum Gasteiger partial charge on any atom is 0.327 e. The lowest BCUT2D eigenvalue weighted by atomic mass is 10.6. The number of nitrogens with two attached hydrogens (primary N) is 2. The van der Waals surface area contributed by atoms with Crippen molar-refractivity contribution in [1.29, 1.82) is 0 Å². The van der Waals surface area contributed by atoms with Gasteiger partial charge in [-0.25, -0.2) is 14.3 Å². The van der Waals surface area contributed by atoms with E-state index in [0.29, 0.717) is 4.57 Å². The van der Waals surface area contributed by atoms with Crippen molar-refractivity contribution < 1.29 is 4.79 Å². The predicted octanol–water partition coefficient (Wildman–Crippen LogP) is -1.45. The molecule has 0 unspecified atom stereocenters. The second-order valence-corrected chi connectivity index (χ2v) is 1.77. The van der Waals surface area contributed by atoms with Gasteiger partial charge in [0, 0.05) is 0 Å². The van der Waals surface area contributed by atoms with Crippen molar-refractivity contribution in [2.24, 2.45) is 5.73 Å². The fourth-order valence-corrected chi connectivity index (χ4v) is 0.531. The molecule has 4 N–H and O–H groups in total. The summed E-state index contributed by atoms with van der Waals surface area (Å²) in [6.45, 7) is 0. The minimum absolute atomic E-state index is 0.0625. The maximum atomic E-state index is 10.8. The Morgan fingerprint density at radius 2 is 2.36 bits per heavy atom. The molecular weight excluding hydrogens is 148 g/mol. The molecule has 0 aliphatic rings. The maximum absolute atomic E-state index is 10.8. The zero-order valence-electron chi connectivity index (χ0n) is 5.44. The topological polar surface area (TPSA) is 104 Å². The van der Waals surface area contributed by atoms with Gasteiger partial charge in [-0.2, -0.15) is 0 Å². The summed E-state index contributed by atoms with van der Waals surface area (Å²) >= 11 is 0. The number of carbonyl (C=O) groups excluding carboxylic acids is 1. The quantitative estimate of drug-likeness (QED) is 0.475. The Labute approximate surface area is 61.4 Å². The molecule has 0 saturated carbocycles. The lowest BCUT2D eigenvalue weighted by Gasteiger charge is -1.96. The first-order valence-electron chi connectivity index (χ1n) is 2.67. The molecule has 0 saturated heterocycles. The fraction of sp³-hybridized carbons (Fsp3) is 0. The van der Waals surface area contributed by atoms with Gasteiger partial charge in [-0.05, 0) is 0 Å². The number of aromatic nitrogens is 2. The Morgan fingerprint density at radius 1 is 1.73 bits per heavy atom. The van der Waals surface area contributed by atoms with Crippen molar-refractivity contribution >= 4 is 11.8 Å².